The number of rotatable bonds is 5. The minimum atomic E-state index is -1.30. The third-order valence-corrected chi connectivity index (χ3v) is 5.26. The second-order valence-corrected chi connectivity index (χ2v) is 7.78. The number of hydrogen-bond acceptors (Lipinski definition) is 5. The van der Waals surface area contributed by atoms with Crippen LogP contribution >= 0.6 is 34.8 Å². The Labute approximate surface area is 181 Å². The molecule has 0 radical (unpaired) electrons. The number of furan rings is 1. The van der Waals surface area contributed by atoms with Crippen molar-refractivity contribution in [2.45, 2.75) is 26.4 Å². The van der Waals surface area contributed by atoms with E-state index in [1.807, 2.05) is 0 Å². The van der Waals surface area contributed by atoms with E-state index in [2.05, 4.69) is 4.99 Å². The van der Waals surface area contributed by atoms with Crippen LogP contribution in [0.5, 0.6) is 0 Å². The number of nitrogens with zero attached hydrogens (tertiary/aromatic N) is 3. The van der Waals surface area contributed by atoms with Gasteiger partial charge in [0, 0.05) is 12.3 Å². The Morgan fingerprint density at radius 3 is 2.41 bits per heavy atom. The van der Waals surface area contributed by atoms with Crippen LogP contribution in [0.3, 0.4) is 0 Å². The first-order valence-corrected chi connectivity index (χ1v) is 9.73. The standard InChI is InChI=1S/C19H16Cl3N3O4/c1-10(2)25-18(27)12(8-23-16-7-14(21)13(20)6-15(16)22)17(26)24(19(25)28)9-11-4-3-5-29-11/h3-8,10,12H,9H2,1-2H3. The molecule has 1 aliphatic rings. The number of hydrogen-bond donors (Lipinski definition) is 0. The first-order chi connectivity index (χ1) is 13.7. The van der Waals surface area contributed by atoms with Gasteiger partial charge in [0.15, 0.2) is 5.92 Å². The minimum Gasteiger partial charge on any atom is -0.467 e. The third-order valence-electron chi connectivity index (χ3n) is 4.24. The highest BCUT2D eigenvalue weighted by Crippen LogP contribution is 2.34. The highest BCUT2D eigenvalue weighted by molar-refractivity contribution is 6.44. The summed E-state index contributed by atoms with van der Waals surface area (Å²) in [5.41, 5.74) is 0.243. The molecule has 1 atom stereocenters. The lowest BCUT2D eigenvalue weighted by molar-refractivity contribution is -0.147. The van der Waals surface area contributed by atoms with Gasteiger partial charge in [-0.1, -0.05) is 34.8 Å². The van der Waals surface area contributed by atoms with Gasteiger partial charge in [-0.15, -0.1) is 0 Å². The Balaban J connectivity index is 1.95. The predicted octanol–water partition coefficient (Wildman–Crippen LogP) is 4.96. The first kappa shape index (κ1) is 21.4. The number of carbonyl (C=O) groups is 3. The summed E-state index contributed by atoms with van der Waals surface area (Å²) in [7, 11) is 0. The molecule has 1 fully saturated rings. The molecular formula is C19H16Cl3N3O4. The van der Waals surface area contributed by atoms with Gasteiger partial charge >= 0.3 is 6.03 Å². The number of imide groups is 2. The molecule has 0 N–H and O–H groups in total. The van der Waals surface area contributed by atoms with Crippen LogP contribution in [0.4, 0.5) is 10.5 Å². The van der Waals surface area contributed by atoms with E-state index in [4.69, 9.17) is 39.2 Å². The highest BCUT2D eigenvalue weighted by atomic mass is 35.5. The Morgan fingerprint density at radius 2 is 1.79 bits per heavy atom. The number of halogens is 3. The van der Waals surface area contributed by atoms with Crippen LogP contribution in [0.1, 0.15) is 19.6 Å². The zero-order valence-corrected chi connectivity index (χ0v) is 17.7. The van der Waals surface area contributed by atoms with Crippen LogP contribution < -0.4 is 0 Å². The van der Waals surface area contributed by atoms with Crippen molar-refractivity contribution in [2.75, 3.05) is 0 Å². The number of benzene rings is 1. The maximum absolute atomic E-state index is 12.9. The fourth-order valence-corrected chi connectivity index (χ4v) is 3.40. The number of barbiturate groups is 1. The van der Waals surface area contributed by atoms with E-state index < -0.39 is 29.8 Å². The largest absolute Gasteiger partial charge is 0.467 e. The molecule has 4 amide bonds. The summed E-state index contributed by atoms with van der Waals surface area (Å²) in [6, 6.07) is 4.96. The summed E-state index contributed by atoms with van der Waals surface area (Å²) in [5, 5.41) is 0.681. The molecule has 1 unspecified atom stereocenters. The van der Waals surface area contributed by atoms with Crippen molar-refractivity contribution >= 4 is 64.6 Å². The Bertz CT molecular complexity index is 989. The maximum Gasteiger partial charge on any atom is 0.334 e. The van der Waals surface area contributed by atoms with Gasteiger partial charge in [0.2, 0.25) is 11.8 Å². The van der Waals surface area contributed by atoms with E-state index in [-0.39, 0.29) is 27.3 Å². The molecule has 1 aliphatic heterocycles. The quantitative estimate of drug-likeness (QED) is 0.362. The predicted molar refractivity (Wildman–Crippen MR) is 110 cm³/mol. The van der Waals surface area contributed by atoms with E-state index in [9.17, 15) is 14.4 Å². The fraction of sp³-hybridized carbons (Fsp3) is 0.263. The van der Waals surface area contributed by atoms with E-state index >= 15 is 0 Å². The molecule has 10 heteroatoms. The van der Waals surface area contributed by atoms with Crippen LogP contribution in [-0.2, 0) is 16.1 Å². The van der Waals surface area contributed by atoms with Gasteiger partial charge in [-0.25, -0.2) is 4.79 Å². The Hall–Kier alpha value is -2.35. The monoisotopic (exact) mass is 455 g/mol. The van der Waals surface area contributed by atoms with E-state index in [0.29, 0.717) is 5.76 Å². The molecule has 29 heavy (non-hydrogen) atoms. The number of carbonyl (C=O) groups excluding carboxylic acids is 3. The summed E-state index contributed by atoms with van der Waals surface area (Å²) in [5.74, 6) is -2.25. The molecule has 3 rings (SSSR count). The van der Waals surface area contributed by atoms with Gasteiger partial charge in [-0.2, -0.15) is 0 Å². The molecule has 1 saturated heterocycles. The number of urea groups is 1. The normalized spacial score (nSPS) is 17.9. The van der Waals surface area contributed by atoms with Gasteiger partial charge in [0.25, 0.3) is 0 Å². The van der Waals surface area contributed by atoms with E-state index in [1.165, 1.54) is 18.4 Å². The van der Waals surface area contributed by atoms with Crippen LogP contribution in [0.2, 0.25) is 15.1 Å². The molecule has 0 bridgehead atoms. The van der Waals surface area contributed by atoms with Gasteiger partial charge in [0.1, 0.15) is 5.76 Å². The second-order valence-electron chi connectivity index (χ2n) is 6.56. The lowest BCUT2D eigenvalue weighted by atomic mass is 10.0. The van der Waals surface area contributed by atoms with Crippen molar-refractivity contribution in [3.63, 3.8) is 0 Å². The van der Waals surface area contributed by atoms with E-state index in [1.54, 1.807) is 26.0 Å². The average Bonchev–Trinajstić information content (AvgIpc) is 3.15. The van der Waals surface area contributed by atoms with Gasteiger partial charge in [0.05, 0.1) is 33.6 Å². The number of aliphatic imine (C=N–C) groups is 1. The summed E-state index contributed by atoms with van der Waals surface area (Å²) < 4.78 is 5.23. The summed E-state index contributed by atoms with van der Waals surface area (Å²) in [6.07, 6.45) is 2.60. The SMILES string of the molecule is CC(C)N1C(=O)C(C=Nc2cc(Cl)c(Cl)cc2Cl)C(=O)N(Cc2ccco2)C1=O. The molecule has 1 aromatic carbocycles. The lowest BCUT2D eigenvalue weighted by Gasteiger charge is -2.37. The van der Waals surface area contributed by atoms with Crippen molar-refractivity contribution in [2.24, 2.45) is 10.9 Å². The average molecular weight is 457 g/mol. The molecule has 2 heterocycles. The van der Waals surface area contributed by atoms with E-state index in [0.717, 1.165) is 16.0 Å². The van der Waals surface area contributed by atoms with Crippen LogP contribution in [0, 0.1) is 5.92 Å². The summed E-state index contributed by atoms with van der Waals surface area (Å²) in [4.78, 5) is 44.6. The topological polar surface area (TPSA) is 83.2 Å². The Morgan fingerprint density at radius 1 is 1.10 bits per heavy atom. The molecule has 0 spiro atoms. The first-order valence-electron chi connectivity index (χ1n) is 8.60. The molecule has 0 aliphatic carbocycles. The zero-order valence-electron chi connectivity index (χ0n) is 15.4. The molecule has 1 aromatic heterocycles. The van der Waals surface area contributed by atoms with Gasteiger partial charge in [-0.05, 0) is 38.1 Å². The van der Waals surface area contributed by atoms with Crippen LogP contribution in [-0.4, -0.2) is 39.9 Å². The summed E-state index contributed by atoms with van der Waals surface area (Å²) in [6.45, 7) is 3.26. The fourth-order valence-electron chi connectivity index (χ4n) is 2.81. The van der Waals surface area contributed by atoms with Crippen molar-refractivity contribution in [3.8, 4) is 0 Å². The van der Waals surface area contributed by atoms with Gasteiger partial charge < -0.3 is 4.42 Å². The van der Waals surface area contributed by atoms with Crippen LogP contribution in [0.25, 0.3) is 0 Å². The maximum atomic E-state index is 12.9. The molecule has 152 valence electrons. The Kier molecular flexibility index (Phi) is 6.31. The molecule has 7 nitrogen and oxygen atoms in total. The third kappa shape index (κ3) is 4.32. The molecular weight excluding hydrogens is 441 g/mol. The minimum absolute atomic E-state index is 0.0982. The smallest absolute Gasteiger partial charge is 0.334 e. The molecule has 2 aromatic rings. The van der Waals surface area contributed by atoms with Crippen molar-refractivity contribution in [1.82, 2.24) is 9.80 Å². The number of amides is 4. The lowest BCUT2D eigenvalue weighted by Crippen LogP contribution is -2.61. The zero-order chi connectivity index (χ0) is 21.3. The van der Waals surface area contributed by atoms with Crippen molar-refractivity contribution in [3.05, 3.63) is 51.4 Å². The van der Waals surface area contributed by atoms with Gasteiger partial charge in [-0.3, -0.25) is 24.4 Å². The van der Waals surface area contributed by atoms with Crippen molar-refractivity contribution in [1.29, 1.82) is 0 Å². The summed E-state index contributed by atoms with van der Waals surface area (Å²) >= 11 is 18.0. The highest BCUT2D eigenvalue weighted by Gasteiger charge is 2.46. The second kappa shape index (κ2) is 8.57. The van der Waals surface area contributed by atoms with Crippen LogP contribution in [0.15, 0.2) is 39.9 Å². The molecule has 0 saturated carbocycles. The van der Waals surface area contributed by atoms with Crippen molar-refractivity contribution < 1.29 is 18.8 Å².